The first-order chi connectivity index (χ1) is 14.8. The van der Waals surface area contributed by atoms with Gasteiger partial charge in [0.1, 0.15) is 0 Å². The summed E-state index contributed by atoms with van der Waals surface area (Å²) in [6.07, 6.45) is 3.58. The highest BCUT2D eigenvalue weighted by atomic mass is 79.9. The average molecular weight is 473 g/mol. The van der Waals surface area contributed by atoms with Crippen LogP contribution in [0, 0.1) is 0 Å². The number of fused-ring (bicyclic) bond motifs is 1. The minimum absolute atomic E-state index is 0.783. The summed E-state index contributed by atoms with van der Waals surface area (Å²) in [5.74, 6) is 1.59. The van der Waals surface area contributed by atoms with E-state index in [0.29, 0.717) is 0 Å². The predicted octanol–water partition coefficient (Wildman–Crippen LogP) is 6.54. The fourth-order valence-electron chi connectivity index (χ4n) is 3.43. The second-order valence-corrected chi connectivity index (χ2v) is 8.64. The van der Waals surface area contributed by atoms with E-state index in [1.165, 1.54) is 16.3 Å². The molecule has 0 aliphatic carbocycles. The van der Waals surface area contributed by atoms with Crippen molar-refractivity contribution in [2.45, 2.75) is 10.9 Å². The van der Waals surface area contributed by atoms with Crippen LogP contribution in [-0.2, 0) is 5.75 Å². The molecule has 6 heteroatoms. The molecule has 0 aliphatic rings. The maximum Gasteiger partial charge on any atom is 0.196 e. The molecular weight excluding hydrogens is 456 g/mol. The number of benzene rings is 3. The van der Waals surface area contributed by atoms with Gasteiger partial charge in [-0.15, -0.1) is 10.2 Å². The molecule has 0 fully saturated rings. The molecule has 4 nitrogen and oxygen atoms in total. The third kappa shape index (κ3) is 3.76. The number of pyridine rings is 1. The molecule has 3 aromatic carbocycles. The highest BCUT2D eigenvalue weighted by Crippen LogP contribution is 2.31. The highest BCUT2D eigenvalue weighted by Gasteiger charge is 2.17. The Labute approximate surface area is 187 Å². The summed E-state index contributed by atoms with van der Waals surface area (Å²) in [6.45, 7) is 0. The molecule has 5 rings (SSSR count). The Morgan fingerprint density at radius 2 is 1.67 bits per heavy atom. The van der Waals surface area contributed by atoms with Crippen molar-refractivity contribution in [2.75, 3.05) is 0 Å². The lowest BCUT2D eigenvalue weighted by molar-refractivity contribution is 0.885. The monoisotopic (exact) mass is 472 g/mol. The lowest BCUT2D eigenvalue weighted by Gasteiger charge is -2.11. The number of rotatable bonds is 5. The lowest BCUT2D eigenvalue weighted by Crippen LogP contribution is -2.00. The molecule has 2 aromatic heterocycles. The number of hydrogen-bond donors (Lipinski definition) is 0. The zero-order chi connectivity index (χ0) is 20.3. The second kappa shape index (κ2) is 8.42. The fraction of sp³-hybridized carbons (Fsp3) is 0.0417. The van der Waals surface area contributed by atoms with Gasteiger partial charge in [-0.2, -0.15) is 0 Å². The first-order valence-electron chi connectivity index (χ1n) is 9.51. The Balaban J connectivity index is 1.55. The minimum atomic E-state index is 0.783. The molecule has 0 atom stereocenters. The molecule has 0 spiro atoms. The third-order valence-electron chi connectivity index (χ3n) is 4.87. The van der Waals surface area contributed by atoms with E-state index in [1.54, 1.807) is 18.0 Å². The summed E-state index contributed by atoms with van der Waals surface area (Å²) in [7, 11) is 0. The van der Waals surface area contributed by atoms with E-state index in [2.05, 4.69) is 90.3 Å². The van der Waals surface area contributed by atoms with E-state index in [4.69, 9.17) is 0 Å². The van der Waals surface area contributed by atoms with Crippen molar-refractivity contribution in [1.82, 2.24) is 19.7 Å². The number of hydrogen-bond acceptors (Lipinski definition) is 4. The summed E-state index contributed by atoms with van der Waals surface area (Å²) in [4.78, 5) is 4.25. The van der Waals surface area contributed by atoms with Crippen molar-refractivity contribution in [2.24, 2.45) is 0 Å². The molecule has 0 amide bonds. The summed E-state index contributed by atoms with van der Waals surface area (Å²) in [6, 6.07) is 27.0. The smallest absolute Gasteiger partial charge is 0.196 e. The molecule has 2 heterocycles. The third-order valence-corrected chi connectivity index (χ3v) is 6.38. The molecular formula is C24H17BrN4S. The van der Waals surface area contributed by atoms with Crippen molar-refractivity contribution >= 4 is 38.5 Å². The van der Waals surface area contributed by atoms with Gasteiger partial charge in [-0.25, -0.2) is 0 Å². The summed E-state index contributed by atoms with van der Waals surface area (Å²) < 4.78 is 3.13. The first kappa shape index (κ1) is 19.0. The Bertz CT molecular complexity index is 1290. The molecule has 30 heavy (non-hydrogen) atoms. The van der Waals surface area contributed by atoms with Crippen LogP contribution >= 0.6 is 27.7 Å². The largest absolute Gasteiger partial charge is 0.270 e. The van der Waals surface area contributed by atoms with Crippen LogP contribution in [0.5, 0.6) is 0 Å². The molecule has 0 saturated heterocycles. The standard InChI is InChI=1S/C24H17BrN4S/c25-20-10-12-21(13-11-20)29-23(18-8-4-14-26-15-18)27-28-24(29)30-16-19-7-3-6-17-5-1-2-9-22(17)19/h1-15H,16H2. The van der Waals surface area contributed by atoms with Gasteiger partial charge in [0.15, 0.2) is 11.0 Å². The van der Waals surface area contributed by atoms with E-state index < -0.39 is 0 Å². The summed E-state index contributed by atoms with van der Waals surface area (Å²) in [5.41, 5.74) is 3.23. The van der Waals surface area contributed by atoms with Crippen LogP contribution < -0.4 is 0 Å². The molecule has 146 valence electrons. The van der Waals surface area contributed by atoms with Crippen LogP contribution in [-0.4, -0.2) is 19.7 Å². The molecule has 0 bridgehead atoms. The maximum absolute atomic E-state index is 4.52. The molecule has 0 saturated carbocycles. The van der Waals surface area contributed by atoms with Gasteiger partial charge in [0.25, 0.3) is 0 Å². The summed E-state index contributed by atoms with van der Waals surface area (Å²) in [5, 5.41) is 12.4. The molecule has 5 aromatic rings. The average Bonchev–Trinajstić information content (AvgIpc) is 3.23. The van der Waals surface area contributed by atoms with E-state index in [-0.39, 0.29) is 0 Å². The van der Waals surface area contributed by atoms with E-state index in [9.17, 15) is 0 Å². The highest BCUT2D eigenvalue weighted by molar-refractivity contribution is 9.10. The van der Waals surface area contributed by atoms with Crippen LogP contribution in [0.15, 0.2) is 101 Å². The molecule has 0 aliphatic heterocycles. The Kier molecular flexibility index (Phi) is 5.34. The SMILES string of the molecule is Brc1ccc(-n2c(SCc3cccc4ccccc34)nnc2-c2cccnc2)cc1. The topological polar surface area (TPSA) is 43.6 Å². The van der Waals surface area contributed by atoms with E-state index in [0.717, 1.165) is 32.5 Å². The van der Waals surface area contributed by atoms with Crippen LogP contribution in [0.4, 0.5) is 0 Å². The van der Waals surface area contributed by atoms with Crippen molar-refractivity contribution in [3.05, 3.63) is 101 Å². The zero-order valence-electron chi connectivity index (χ0n) is 15.9. The van der Waals surface area contributed by atoms with Gasteiger partial charge in [0.05, 0.1) is 0 Å². The van der Waals surface area contributed by atoms with Gasteiger partial charge in [-0.1, -0.05) is 70.2 Å². The number of nitrogens with zero attached hydrogens (tertiary/aromatic N) is 4. The number of aromatic nitrogens is 4. The minimum Gasteiger partial charge on any atom is -0.270 e. The lowest BCUT2D eigenvalue weighted by atomic mass is 10.1. The van der Waals surface area contributed by atoms with Gasteiger partial charge < -0.3 is 0 Å². The molecule has 0 unspecified atom stereocenters. The first-order valence-corrected chi connectivity index (χ1v) is 11.3. The van der Waals surface area contributed by atoms with Crippen LogP contribution in [0.2, 0.25) is 0 Å². The molecule has 0 N–H and O–H groups in total. The Morgan fingerprint density at radius 3 is 2.50 bits per heavy atom. The van der Waals surface area contributed by atoms with Crippen LogP contribution in [0.25, 0.3) is 27.8 Å². The van der Waals surface area contributed by atoms with Gasteiger partial charge >= 0.3 is 0 Å². The van der Waals surface area contributed by atoms with Gasteiger partial charge in [0, 0.05) is 33.9 Å². The Morgan fingerprint density at radius 1 is 0.833 bits per heavy atom. The molecule has 0 radical (unpaired) electrons. The van der Waals surface area contributed by atoms with E-state index in [1.807, 2.05) is 30.5 Å². The Hall–Kier alpha value is -2.96. The van der Waals surface area contributed by atoms with Crippen LogP contribution in [0.3, 0.4) is 0 Å². The normalized spacial score (nSPS) is 11.1. The van der Waals surface area contributed by atoms with Gasteiger partial charge in [-0.3, -0.25) is 9.55 Å². The van der Waals surface area contributed by atoms with E-state index >= 15 is 0 Å². The van der Waals surface area contributed by atoms with Crippen molar-refractivity contribution in [3.63, 3.8) is 0 Å². The van der Waals surface area contributed by atoms with Crippen molar-refractivity contribution in [1.29, 1.82) is 0 Å². The van der Waals surface area contributed by atoms with Gasteiger partial charge in [-0.05, 0) is 52.7 Å². The number of halogens is 1. The zero-order valence-corrected chi connectivity index (χ0v) is 18.3. The van der Waals surface area contributed by atoms with Crippen LogP contribution in [0.1, 0.15) is 5.56 Å². The second-order valence-electron chi connectivity index (χ2n) is 6.79. The quantitative estimate of drug-likeness (QED) is 0.272. The van der Waals surface area contributed by atoms with Gasteiger partial charge in [0.2, 0.25) is 0 Å². The maximum atomic E-state index is 4.52. The summed E-state index contributed by atoms with van der Waals surface area (Å²) >= 11 is 5.21. The van der Waals surface area contributed by atoms with Crippen molar-refractivity contribution in [3.8, 4) is 17.1 Å². The predicted molar refractivity (Wildman–Crippen MR) is 126 cm³/mol. The number of thioether (sulfide) groups is 1. The fourth-order valence-corrected chi connectivity index (χ4v) is 4.65. The van der Waals surface area contributed by atoms with Crippen molar-refractivity contribution < 1.29 is 0 Å².